The van der Waals surface area contributed by atoms with E-state index in [9.17, 15) is 22.0 Å². The lowest BCUT2D eigenvalue weighted by atomic mass is 9.68. The highest BCUT2D eigenvalue weighted by molar-refractivity contribution is 5.30. The average molecular weight is 386 g/mol. The first-order valence-corrected chi connectivity index (χ1v) is 9.96. The molecule has 0 radical (unpaired) electrons. The maximum atomic E-state index is 13.9. The lowest BCUT2D eigenvalue weighted by molar-refractivity contribution is -0.142. The van der Waals surface area contributed by atoms with Crippen molar-refractivity contribution in [2.75, 3.05) is 0 Å². The van der Waals surface area contributed by atoms with Gasteiger partial charge < -0.3 is 0 Å². The minimum absolute atomic E-state index is 0.0513. The smallest absolute Gasteiger partial charge is 0.206 e. The van der Waals surface area contributed by atoms with Crippen LogP contribution in [0.15, 0.2) is 24.8 Å². The van der Waals surface area contributed by atoms with Gasteiger partial charge in [-0.15, -0.1) is 6.58 Å². The standard InChI is InChI=1S/C22H27F5/c1-2-3-14-4-6-15(7-5-14)16-8-10-17(11-9-16)18-12-19(23)21(20(24)13-18)22(25,26)27/h2,12-17H,1,3-11H2. The molecule has 0 atom stereocenters. The van der Waals surface area contributed by atoms with Crippen molar-refractivity contribution in [1.82, 2.24) is 0 Å². The van der Waals surface area contributed by atoms with Crippen molar-refractivity contribution in [3.63, 3.8) is 0 Å². The highest BCUT2D eigenvalue weighted by atomic mass is 19.4. The predicted molar refractivity (Wildman–Crippen MR) is 96.3 cm³/mol. The molecular formula is C22H27F5. The molecule has 0 saturated heterocycles. The van der Waals surface area contributed by atoms with Crippen LogP contribution in [-0.2, 0) is 6.18 Å². The monoisotopic (exact) mass is 386 g/mol. The minimum atomic E-state index is -5.01. The molecule has 2 aliphatic carbocycles. The molecule has 0 spiro atoms. The molecule has 0 aliphatic heterocycles. The summed E-state index contributed by atoms with van der Waals surface area (Å²) in [6, 6.07) is 1.77. The fraction of sp³-hybridized carbons (Fsp3) is 0.636. The molecule has 0 N–H and O–H groups in total. The van der Waals surface area contributed by atoms with E-state index < -0.39 is 23.4 Å². The zero-order chi connectivity index (χ0) is 19.6. The number of hydrogen-bond acceptors (Lipinski definition) is 0. The van der Waals surface area contributed by atoms with Gasteiger partial charge in [0.05, 0.1) is 0 Å². The Bertz CT molecular complexity index is 624. The Labute approximate surface area is 157 Å². The molecule has 5 heteroatoms. The van der Waals surface area contributed by atoms with Gasteiger partial charge in [0.2, 0.25) is 0 Å². The Balaban J connectivity index is 1.59. The van der Waals surface area contributed by atoms with E-state index in [1.807, 2.05) is 6.08 Å². The minimum Gasteiger partial charge on any atom is -0.206 e. The highest BCUT2D eigenvalue weighted by Gasteiger charge is 2.39. The van der Waals surface area contributed by atoms with Crippen molar-refractivity contribution in [2.45, 2.75) is 69.9 Å². The summed E-state index contributed by atoms with van der Waals surface area (Å²) in [6.45, 7) is 3.82. The van der Waals surface area contributed by atoms with Crippen molar-refractivity contribution in [2.24, 2.45) is 17.8 Å². The number of halogens is 5. The SMILES string of the molecule is C=CCC1CCC(C2CCC(c3cc(F)c(C(F)(F)F)c(F)c3)CC2)CC1. The third kappa shape index (κ3) is 4.72. The lowest BCUT2D eigenvalue weighted by Gasteiger charge is -2.38. The zero-order valence-electron chi connectivity index (χ0n) is 15.5. The van der Waals surface area contributed by atoms with Gasteiger partial charge in [0, 0.05) is 0 Å². The Kier molecular flexibility index (Phi) is 6.27. The summed E-state index contributed by atoms with van der Waals surface area (Å²) in [5.74, 6) is -0.943. The van der Waals surface area contributed by atoms with E-state index in [1.54, 1.807) is 0 Å². The summed E-state index contributed by atoms with van der Waals surface area (Å²) < 4.78 is 65.9. The van der Waals surface area contributed by atoms with Crippen LogP contribution in [0.4, 0.5) is 22.0 Å². The van der Waals surface area contributed by atoms with Crippen LogP contribution in [0.2, 0.25) is 0 Å². The molecule has 27 heavy (non-hydrogen) atoms. The second kappa shape index (κ2) is 8.32. The van der Waals surface area contributed by atoms with Crippen LogP contribution in [0.1, 0.15) is 74.8 Å². The number of rotatable bonds is 4. The molecule has 2 saturated carbocycles. The second-order valence-corrected chi connectivity index (χ2v) is 8.27. The third-order valence-electron chi connectivity index (χ3n) is 6.65. The molecule has 2 aliphatic rings. The average Bonchev–Trinajstić information content (AvgIpc) is 2.61. The van der Waals surface area contributed by atoms with E-state index in [-0.39, 0.29) is 5.92 Å². The summed E-state index contributed by atoms with van der Waals surface area (Å²) in [5, 5.41) is 0. The summed E-state index contributed by atoms with van der Waals surface area (Å²) in [6.07, 6.45) is 6.60. The van der Waals surface area contributed by atoms with E-state index in [1.165, 1.54) is 25.7 Å². The van der Waals surface area contributed by atoms with Crippen LogP contribution >= 0.6 is 0 Å². The van der Waals surface area contributed by atoms with Crippen molar-refractivity contribution < 1.29 is 22.0 Å². The lowest BCUT2D eigenvalue weighted by Crippen LogP contribution is -2.25. The highest BCUT2D eigenvalue weighted by Crippen LogP contribution is 2.45. The maximum Gasteiger partial charge on any atom is 0.422 e. The first-order chi connectivity index (χ1) is 12.8. The molecule has 0 bridgehead atoms. The first kappa shape index (κ1) is 20.3. The van der Waals surface area contributed by atoms with Gasteiger partial charge in [-0.1, -0.05) is 6.08 Å². The molecule has 0 amide bonds. The van der Waals surface area contributed by atoms with E-state index in [4.69, 9.17) is 0 Å². The van der Waals surface area contributed by atoms with Crippen LogP contribution in [0.3, 0.4) is 0 Å². The number of benzene rings is 1. The van der Waals surface area contributed by atoms with Gasteiger partial charge in [-0.05, 0) is 99.2 Å². The first-order valence-electron chi connectivity index (χ1n) is 9.96. The topological polar surface area (TPSA) is 0 Å². The quantitative estimate of drug-likeness (QED) is 0.368. The largest absolute Gasteiger partial charge is 0.422 e. The molecule has 0 heterocycles. The molecule has 1 aromatic rings. The van der Waals surface area contributed by atoms with E-state index in [0.717, 1.165) is 50.2 Å². The van der Waals surface area contributed by atoms with Crippen molar-refractivity contribution in [3.8, 4) is 0 Å². The summed E-state index contributed by atoms with van der Waals surface area (Å²) >= 11 is 0. The maximum absolute atomic E-state index is 13.9. The Morgan fingerprint density at radius 2 is 1.33 bits per heavy atom. The van der Waals surface area contributed by atoms with Gasteiger partial charge in [0.1, 0.15) is 17.2 Å². The van der Waals surface area contributed by atoms with Crippen LogP contribution in [0.25, 0.3) is 0 Å². The molecule has 3 rings (SSSR count). The van der Waals surface area contributed by atoms with E-state index in [0.29, 0.717) is 17.4 Å². The Morgan fingerprint density at radius 1 is 0.852 bits per heavy atom. The van der Waals surface area contributed by atoms with E-state index in [2.05, 4.69) is 6.58 Å². The van der Waals surface area contributed by atoms with Crippen LogP contribution in [0, 0.1) is 29.4 Å². The van der Waals surface area contributed by atoms with Gasteiger partial charge in [0.15, 0.2) is 0 Å². The van der Waals surface area contributed by atoms with E-state index >= 15 is 0 Å². The van der Waals surface area contributed by atoms with Gasteiger partial charge >= 0.3 is 6.18 Å². The molecule has 2 fully saturated rings. The number of allylic oxidation sites excluding steroid dienone is 1. The predicted octanol–water partition coefficient (Wildman–Crippen LogP) is 7.64. The van der Waals surface area contributed by atoms with Gasteiger partial charge in [-0.3, -0.25) is 0 Å². The zero-order valence-corrected chi connectivity index (χ0v) is 15.5. The normalized spacial score (nSPS) is 29.5. The van der Waals surface area contributed by atoms with Crippen LogP contribution < -0.4 is 0 Å². The second-order valence-electron chi connectivity index (χ2n) is 8.27. The number of hydrogen-bond donors (Lipinski definition) is 0. The summed E-state index contributed by atoms with van der Waals surface area (Å²) in [4.78, 5) is 0. The fourth-order valence-corrected chi connectivity index (χ4v) is 5.15. The summed E-state index contributed by atoms with van der Waals surface area (Å²) in [5.41, 5.74) is -1.41. The molecule has 150 valence electrons. The van der Waals surface area contributed by atoms with Crippen molar-refractivity contribution in [1.29, 1.82) is 0 Å². The van der Waals surface area contributed by atoms with Gasteiger partial charge in [-0.2, -0.15) is 13.2 Å². The van der Waals surface area contributed by atoms with Gasteiger partial charge in [-0.25, -0.2) is 8.78 Å². The fourth-order valence-electron chi connectivity index (χ4n) is 5.15. The Morgan fingerprint density at radius 3 is 1.78 bits per heavy atom. The molecule has 0 nitrogen and oxygen atoms in total. The molecular weight excluding hydrogens is 359 g/mol. The molecule has 1 aromatic carbocycles. The molecule has 0 aromatic heterocycles. The van der Waals surface area contributed by atoms with Crippen LogP contribution in [-0.4, -0.2) is 0 Å². The third-order valence-corrected chi connectivity index (χ3v) is 6.65. The number of alkyl halides is 3. The summed E-state index contributed by atoms with van der Waals surface area (Å²) in [7, 11) is 0. The van der Waals surface area contributed by atoms with Crippen LogP contribution in [0.5, 0.6) is 0 Å². The van der Waals surface area contributed by atoms with Crippen molar-refractivity contribution >= 4 is 0 Å². The van der Waals surface area contributed by atoms with Gasteiger partial charge in [0.25, 0.3) is 0 Å². The molecule has 0 unspecified atom stereocenters. The Hall–Kier alpha value is -1.39. The van der Waals surface area contributed by atoms with Crippen molar-refractivity contribution in [3.05, 3.63) is 47.5 Å².